The van der Waals surface area contributed by atoms with E-state index in [1.165, 1.54) is 16.6 Å². The van der Waals surface area contributed by atoms with E-state index in [2.05, 4.69) is 0 Å². The van der Waals surface area contributed by atoms with Crippen LogP contribution in [0.3, 0.4) is 0 Å². The summed E-state index contributed by atoms with van der Waals surface area (Å²) in [5.74, 6) is 0.400. The molecule has 10 heteroatoms. The van der Waals surface area contributed by atoms with Gasteiger partial charge in [-0.15, -0.1) is 0 Å². The van der Waals surface area contributed by atoms with Gasteiger partial charge in [0.1, 0.15) is 5.76 Å². The number of furan rings is 1. The second-order valence-corrected chi connectivity index (χ2v) is 10.2. The Morgan fingerprint density at radius 2 is 1.97 bits per heavy atom. The van der Waals surface area contributed by atoms with Crippen molar-refractivity contribution < 1.29 is 17.6 Å². The largest absolute Gasteiger partial charge is 0.465 e. The molecule has 1 amide bonds. The summed E-state index contributed by atoms with van der Waals surface area (Å²) < 4.78 is 35.1. The van der Waals surface area contributed by atoms with Crippen molar-refractivity contribution >= 4 is 43.6 Å². The second-order valence-electron chi connectivity index (χ2n) is 7.23. The molecule has 2 aromatic heterocycles. The van der Waals surface area contributed by atoms with Crippen molar-refractivity contribution in [2.75, 3.05) is 26.2 Å². The smallest absolute Gasteiger partial charge is 0.308 e. The first-order valence-corrected chi connectivity index (χ1v) is 12.3. The van der Waals surface area contributed by atoms with Gasteiger partial charge in [0, 0.05) is 38.8 Å². The minimum atomic E-state index is -3.71. The number of piperazine rings is 1. The molecule has 1 fully saturated rings. The molecule has 0 unspecified atom stereocenters. The predicted octanol–water partition coefficient (Wildman–Crippen LogP) is 2.61. The topological polar surface area (TPSA) is 92.8 Å². The molecule has 164 valence electrons. The highest BCUT2D eigenvalue weighted by atomic mass is 32.2. The summed E-state index contributed by atoms with van der Waals surface area (Å²) in [5.41, 5.74) is 0.759. The first-order chi connectivity index (χ1) is 14.9. The lowest BCUT2D eigenvalue weighted by Gasteiger charge is -2.33. The molecule has 1 aliphatic rings. The Bertz CT molecular complexity index is 1260. The number of sulfonamides is 1. The quantitative estimate of drug-likeness (QED) is 0.526. The van der Waals surface area contributed by atoms with Crippen LogP contribution < -0.4 is 4.87 Å². The highest BCUT2D eigenvalue weighted by molar-refractivity contribution is 7.89. The van der Waals surface area contributed by atoms with Crippen molar-refractivity contribution in [1.29, 1.82) is 0 Å². The van der Waals surface area contributed by atoms with Crippen LogP contribution in [0.4, 0.5) is 0 Å². The Balaban J connectivity index is 1.46. The minimum Gasteiger partial charge on any atom is -0.465 e. The van der Waals surface area contributed by atoms with Gasteiger partial charge in [0.2, 0.25) is 15.9 Å². The lowest BCUT2D eigenvalue weighted by atomic mass is 10.3. The maximum absolute atomic E-state index is 13.1. The molecule has 31 heavy (non-hydrogen) atoms. The first-order valence-electron chi connectivity index (χ1n) is 10.0. The molecular weight excluding hydrogens is 438 g/mol. The number of carbonyl (C=O) groups excluding carboxylic acids is 1. The van der Waals surface area contributed by atoms with E-state index in [9.17, 15) is 18.0 Å². The minimum absolute atomic E-state index is 0.0823. The number of thiazole rings is 1. The molecule has 1 saturated heterocycles. The van der Waals surface area contributed by atoms with Crippen LogP contribution in [0.15, 0.2) is 56.8 Å². The number of rotatable bonds is 6. The highest BCUT2D eigenvalue weighted by Gasteiger charge is 2.30. The maximum Gasteiger partial charge on any atom is 0.308 e. The van der Waals surface area contributed by atoms with Crippen LogP contribution in [-0.2, 0) is 21.4 Å². The molecule has 8 nitrogen and oxygen atoms in total. The Morgan fingerprint density at radius 1 is 1.19 bits per heavy atom. The molecule has 0 saturated carbocycles. The van der Waals surface area contributed by atoms with Crippen molar-refractivity contribution in [1.82, 2.24) is 13.8 Å². The molecule has 3 heterocycles. The Labute approximate surface area is 184 Å². The van der Waals surface area contributed by atoms with Crippen LogP contribution in [0.25, 0.3) is 16.3 Å². The van der Waals surface area contributed by atoms with E-state index in [0.717, 1.165) is 23.3 Å². The Hall–Kier alpha value is -2.69. The van der Waals surface area contributed by atoms with Crippen LogP contribution in [0, 0.1) is 0 Å². The summed E-state index contributed by atoms with van der Waals surface area (Å²) in [5, 5.41) is 0. The number of nitrogens with zero attached hydrogens (tertiary/aromatic N) is 3. The Morgan fingerprint density at radius 3 is 2.65 bits per heavy atom. The van der Waals surface area contributed by atoms with Crippen molar-refractivity contribution in [3.05, 3.63) is 58.1 Å². The van der Waals surface area contributed by atoms with Gasteiger partial charge in [-0.2, -0.15) is 4.31 Å². The molecule has 0 bridgehead atoms. The van der Waals surface area contributed by atoms with Gasteiger partial charge in [0.05, 0.1) is 21.4 Å². The normalized spacial score (nSPS) is 15.8. The average molecular weight is 462 g/mol. The number of aromatic nitrogens is 1. The van der Waals surface area contributed by atoms with E-state index in [1.807, 2.05) is 6.92 Å². The molecule has 4 rings (SSSR count). The molecule has 0 N–H and O–H groups in total. The number of carbonyl (C=O) groups is 1. The van der Waals surface area contributed by atoms with Gasteiger partial charge in [-0.3, -0.25) is 14.2 Å². The van der Waals surface area contributed by atoms with E-state index in [1.54, 1.807) is 45.9 Å². The Kier molecular flexibility index (Phi) is 6.12. The average Bonchev–Trinajstić information content (AvgIpc) is 3.40. The fourth-order valence-electron chi connectivity index (χ4n) is 3.59. The molecule has 0 spiro atoms. The lowest BCUT2D eigenvalue weighted by molar-refractivity contribution is -0.127. The van der Waals surface area contributed by atoms with E-state index in [-0.39, 0.29) is 28.8 Å². The van der Waals surface area contributed by atoms with Crippen LogP contribution in [0.2, 0.25) is 0 Å². The number of hydrogen-bond donors (Lipinski definition) is 0. The summed E-state index contributed by atoms with van der Waals surface area (Å²) >= 11 is 1.06. The van der Waals surface area contributed by atoms with Gasteiger partial charge in [0.15, 0.2) is 0 Å². The van der Waals surface area contributed by atoms with Crippen molar-refractivity contribution in [3.8, 4) is 0 Å². The van der Waals surface area contributed by atoms with E-state index < -0.39 is 10.0 Å². The predicted molar refractivity (Wildman–Crippen MR) is 119 cm³/mol. The number of fused-ring (bicyclic) bond motifs is 1. The number of aryl methyl sites for hydroxylation is 1. The molecule has 0 radical (unpaired) electrons. The SMILES string of the molecule is CCCn1c(=O)sc2cc(S(=O)(=O)N3CCN(C(=O)C=Cc4ccco4)CC3)ccc21. The summed E-state index contributed by atoms with van der Waals surface area (Å²) in [6, 6.07) is 8.32. The van der Waals surface area contributed by atoms with Gasteiger partial charge in [-0.25, -0.2) is 8.42 Å². The first kappa shape index (κ1) is 21.5. The van der Waals surface area contributed by atoms with Gasteiger partial charge in [-0.1, -0.05) is 18.3 Å². The molecule has 3 aromatic rings. The molecular formula is C21H23N3O5S2. The van der Waals surface area contributed by atoms with Gasteiger partial charge in [0.25, 0.3) is 0 Å². The molecule has 1 aromatic carbocycles. The molecule has 0 aliphatic carbocycles. The monoisotopic (exact) mass is 461 g/mol. The van der Waals surface area contributed by atoms with Crippen LogP contribution in [0.1, 0.15) is 19.1 Å². The van der Waals surface area contributed by atoms with Gasteiger partial charge < -0.3 is 9.32 Å². The lowest BCUT2D eigenvalue weighted by Crippen LogP contribution is -2.50. The molecule has 0 atom stereocenters. The fourth-order valence-corrected chi connectivity index (χ4v) is 6.07. The summed E-state index contributed by atoms with van der Waals surface area (Å²) in [7, 11) is -3.71. The van der Waals surface area contributed by atoms with E-state index in [0.29, 0.717) is 30.1 Å². The molecule has 1 aliphatic heterocycles. The summed E-state index contributed by atoms with van der Waals surface area (Å²) in [6.07, 6.45) is 5.38. The van der Waals surface area contributed by atoms with Crippen molar-refractivity contribution in [2.45, 2.75) is 24.8 Å². The van der Waals surface area contributed by atoms with E-state index >= 15 is 0 Å². The van der Waals surface area contributed by atoms with Crippen molar-refractivity contribution in [3.63, 3.8) is 0 Å². The van der Waals surface area contributed by atoms with Crippen LogP contribution in [0.5, 0.6) is 0 Å². The fraction of sp³-hybridized carbons (Fsp3) is 0.333. The number of amides is 1. The third kappa shape index (κ3) is 4.36. The third-order valence-corrected chi connectivity index (χ3v) is 8.04. The number of hydrogen-bond acceptors (Lipinski definition) is 6. The third-order valence-electron chi connectivity index (χ3n) is 5.21. The van der Waals surface area contributed by atoms with Crippen molar-refractivity contribution in [2.24, 2.45) is 0 Å². The highest BCUT2D eigenvalue weighted by Crippen LogP contribution is 2.25. The van der Waals surface area contributed by atoms with Crippen LogP contribution >= 0.6 is 11.3 Å². The number of benzene rings is 1. The van der Waals surface area contributed by atoms with Crippen LogP contribution in [-0.4, -0.2) is 54.3 Å². The zero-order valence-corrected chi connectivity index (χ0v) is 18.7. The van der Waals surface area contributed by atoms with E-state index in [4.69, 9.17) is 4.42 Å². The zero-order valence-electron chi connectivity index (χ0n) is 17.1. The summed E-state index contributed by atoms with van der Waals surface area (Å²) in [4.78, 5) is 26.2. The van der Waals surface area contributed by atoms with Gasteiger partial charge >= 0.3 is 4.87 Å². The summed E-state index contributed by atoms with van der Waals surface area (Å²) in [6.45, 7) is 3.65. The van der Waals surface area contributed by atoms with Gasteiger partial charge in [-0.05, 0) is 42.8 Å². The zero-order chi connectivity index (χ0) is 22.0. The standard InChI is InChI=1S/C21H23N3O5S2/c1-2-9-24-18-7-6-17(15-19(18)30-21(24)26)31(27,28)23-12-10-22(11-13-23)20(25)8-5-16-4-3-14-29-16/h3-8,14-15H,2,9-13H2,1H3. The second kappa shape index (κ2) is 8.81. The maximum atomic E-state index is 13.1.